The summed E-state index contributed by atoms with van der Waals surface area (Å²) in [6, 6.07) is 21.6. The summed E-state index contributed by atoms with van der Waals surface area (Å²) in [4.78, 5) is 25.6. The Balaban J connectivity index is 1.50. The summed E-state index contributed by atoms with van der Waals surface area (Å²) in [5.41, 5.74) is 0.776. The molecule has 37 heavy (non-hydrogen) atoms. The van der Waals surface area contributed by atoms with Gasteiger partial charge >= 0.3 is 19.6 Å². The molecule has 1 saturated heterocycles. The maximum absolute atomic E-state index is 13.4. The molecule has 3 aromatic rings. The Hall–Kier alpha value is -3.07. The number of carbonyl (C=O) groups excluding carboxylic acids is 2. The molecule has 0 radical (unpaired) electrons. The summed E-state index contributed by atoms with van der Waals surface area (Å²) in [6.45, 7) is -0.169. The molecule has 0 aromatic heterocycles. The molecule has 196 valence electrons. The van der Waals surface area contributed by atoms with E-state index in [1.807, 2.05) is 30.3 Å². The second kappa shape index (κ2) is 11.5. The molecule has 1 aliphatic heterocycles. The third-order valence-electron chi connectivity index (χ3n) is 6.06. The van der Waals surface area contributed by atoms with Gasteiger partial charge in [0.1, 0.15) is 18.8 Å². The van der Waals surface area contributed by atoms with Crippen LogP contribution in [0.15, 0.2) is 72.8 Å². The Morgan fingerprint density at radius 3 is 2.19 bits per heavy atom. The van der Waals surface area contributed by atoms with Gasteiger partial charge in [0.05, 0.1) is 11.1 Å². The topological polar surface area (TPSA) is 94.6 Å². The monoisotopic (exact) mass is 526 g/mol. The fourth-order valence-electron chi connectivity index (χ4n) is 4.05. The molecule has 1 fully saturated rings. The van der Waals surface area contributed by atoms with E-state index in [4.69, 9.17) is 18.7 Å². The lowest BCUT2D eigenvalue weighted by Crippen LogP contribution is -2.32. The molecule has 0 spiro atoms. The summed E-state index contributed by atoms with van der Waals surface area (Å²) in [5, 5.41) is 1.91. The van der Waals surface area contributed by atoms with E-state index in [1.54, 1.807) is 70.7 Å². The van der Waals surface area contributed by atoms with E-state index < -0.39 is 38.1 Å². The zero-order chi connectivity index (χ0) is 26.6. The SMILES string of the molecule is CN(C)P(=O)(O[C@@H]1C[C@H](OC(=O)c2ccc3ccccc3c2)[C@@H](COC(=O)c2ccccc2)O1)N(C)C. The van der Waals surface area contributed by atoms with E-state index in [0.717, 1.165) is 10.8 Å². The highest BCUT2D eigenvalue weighted by Crippen LogP contribution is 2.53. The van der Waals surface area contributed by atoms with Crippen molar-refractivity contribution < 1.29 is 32.9 Å². The van der Waals surface area contributed by atoms with Crippen molar-refractivity contribution in [3.8, 4) is 0 Å². The molecular formula is C27H31N2O7P. The third-order valence-corrected chi connectivity index (χ3v) is 8.60. The standard InChI is InChI=1S/C27H31N2O7P/c1-28(2)37(32,29(3)4)36-25-17-23(24(34-25)18-33-26(30)20-11-6-5-7-12-20)35-27(31)22-15-14-19-10-8-9-13-21(19)16-22/h5-16,23-25H,17-18H2,1-4H3/t23-,24+,25+/m0/s1. The minimum Gasteiger partial charge on any atom is -0.459 e. The van der Waals surface area contributed by atoms with Gasteiger partial charge in [-0.2, -0.15) is 0 Å². The Bertz CT molecular complexity index is 1290. The molecule has 0 bridgehead atoms. The number of esters is 2. The van der Waals surface area contributed by atoms with Crippen LogP contribution in [0, 0.1) is 0 Å². The van der Waals surface area contributed by atoms with Crippen LogP contribution in [0.2, 0.25) is 0 Å². The number of benzene rings is 3. The van der Waals surface area contributed by atoms with E-state index in [2.05, 4.69) is 0 Å². The van der Waals surface area contributed by atoms with Gasteiger partial charge in [-0.3, -0.25) is 9.09 Å². The fourth-order valence-corrected chi connectivity index (χ4v) is 5.59. The van der Waals surface area contributed by atoms with Crippen LogP contribution < -0.4 is 0 Å². The third kappa shape index (κ3) is 6.26. The lowest BCUT2D eigenvalue weighted by molar-refractivity contribution is -0.101. The number of fused-ring (bicyclic) bond motifs is 1. The van der Waals surface area contributed by atoms with E-state index in [-0.39, 0.29) is 13.0 Å². The molecule has 0 amide bonds. The highest BCUT2D eigenvalue weighted by molar-refractivity contribution is 7.53. The summed E-state index contributed by atoms with van der Waals surface area (Å²) in [6.07, 6.45) is -2.41. The second-order valence-electron chi connectivity index (χ2n) is 9.10. The fraction of sp³-hybridized carbons (Fsp3) is 0.333. The Morgan fingerprint density at radius 1 is 0.865 bits per heavy atom. The number of nitrogens with zero attached hydrogens (tertiary/aromatic N) is 2. The van der Waals surface area contributed by atoms with Crippen molar-refractivity contribution in [2.45, 2.75) is 24.9 Å². The molecule has 0 saturated carbocycles. The number of hydrogen-bond donors (Lipinski definition) is 0. The van der Waals surface area contributed by atoms with Gasteiger partial charge in [-0.25, -0.2) is 18.9 Å². The summed E-state index contributed by atoms with van der Waals surface area (Å²) in [5.74, 6) is -1.07. The van der Waals surface area contributed by atoms with Crippen molar-refractivity contribution in [3.63, 3.8) is 0 Å². The first-order valence-corrected chi connectivity index (χ1v) is 13.4. The molecule has 0 unspecified atom stereocenters. The second-order valence-corrected chi connectivity index (χ2v) is 11.9. The van der Waals surface area contributed by atoms with Crippen LogP contribution in [0.3, 0.4) is 0 Å². The number of ether oxygens (including phenoxy) is 3. The quantitative estimate of drug-likeness (QED) is 0.293. The van der Waals surface area contributed by atoms with Gasteiger partial charge in [-0.05, 0) is 63.2 Å². The van der Waals surface area contributed by atoms with Crippen molar-refractivity contribution in [1.82, 2.24) is 9.34 Å². The van der Waals surface area contributed by atoms with Crippen molar-refractivity contribution in [3.05, 3.63) is 83.9 Å². The van der Waals surface area contributed by atoms with Gasteiger partial charge in [-0.15, -0.1) is 0 Å². The Kier molecular flexibility index (Phi) is 8.42. The van der Waals surface area contributed by atoms with Crippen LogP contribution in [-0.2, 0) is 23.3 Å². The molecule has 1 heterocycles. The van der Waals surface area contributed by atoms with Gasteiger partial charge in [0, 0.05) is 6.42 Å². The zero-order valence-electron chi connectivity index (χ0n) is 21.3. The summed E-state index contributed by atoms with van der Waals surface area (Å²) >= 11 is 0. The van der Waals surface area contributed by atoms with Crippen LogP contribution in [0.5, 0.6) is 0 Å². The molecular weight excluding hydrogens is 495 g/mol. The molecule has 10 heteroatoms. The molecule has 3 atom stereocenters. The number of hydrogen-bond acceptors (Lipinski definition) is 7. The van der Waals surface area contributed by atoms with E-state index in [1.165, 1.54) is 9.34 Å². The van der Waals surface area contributed by atoms with Gasteiger partial charge in [0.15, 0.2) is 6.29 Å². The maximum Gasteiger partial charge on any atom is 0.347 e. The molecule has 0 aliphatic carbocycles. The van der Waals surface area contributed by atoms with E-state index >= 15 is 0 Å². The normalized spacial score (nSPS) is 19.9. The maximum atomic E-state index is 13.4. The van der Waals surface area contributed by atoms with Crippen LogP contribution in [0.25, 0.3) is 10.8 Å². The van der Waals surface area contributed by atoms with Crippen LogP contribution in [-0.4, -0.2) is 74.6 Å². The smallest absolute Gasteiger partial charge is 0.347 e. The van der Waals surface area contributed by atoms with Crippen molar-refractivity contribution in [2.75, 3.05) is 34.8 Å². The lowest BCUT2D eigenvalue weighted by Gasteiger charge is -2.31. The van der Waals surface area contributed by atoms with Gasteiger partial charge in [-0.1, -0.05) is 48.5 Å². The van der Waals surface area contributed by atoms with Gasteiger partial charge in [0.2, 0.25) is 0 Å². The largest absolute Gasteiger partial charge is 0.459 e. The van der Waals surface area contributed by atoms with Gasteiger partial charge in [0.25, 0.3) is 0 Å². The molecule has 0 N–H and O–H groups in total. The van der Waals surface area contributed by atoms with Crippen molar-refractivity contribution >= 4 is 30.4 Å². The Labute approximate surface area is 216 Å². The first-order valence-electron chi connectivity index (χ1n) is 11.9. The van der Waals surface area contributed by atoms with Crippen molar-refractivity contribution in [2.24, 2.45) is 0 Å². The molecule has 9 nitrogen and oxygen atoms in total. The van der Waals surface area contributed by atoms with E-state index in [9.17, 15) is 14.2 Å². The number of rotatable bonds is 9. The highest BCUT2D eigenvalue weighted by Gasteiger charge is 2.44. The minimum atomic E-state index is -3.38. The average Bonchev–Trinajstić information content (AvgIpc) is 3.27. The average molecular weight is 527 g/mol. The highest BCUT2D eigenvalue weighted by atomic mass is 31.2. The van der Waals surface area contributed by atoms with E-state index in [0.29, 0.717) is 11.1 Å². The number of carbonyl (C=O) groups is 2. The predicted molar refractivity (Wildman–Crippen MR) is 139 cm³/mol. The first-order chi connectivity index (χ1) is 17.7. The summed E-state index contributed by atoms with van der Waals surface area (Å²) in [7, 11) is 3.20. The lowest BCUT2D eigenvalue weighted by atomic mass is 10.1. The molecule has 3 aromatic carbocycles. The Morgan fingerprint density at radius 2 is 1.51 bits per heavy atom. The zero-order valence-corrected chi connectivity index (χ0v) is 22.2. The molecule has 4 rings (SSSR count). The van der Waals surface area contributed by atoms with Crippen LogP contribution in [0.1, 0.15) is 27.1 Å². The molecule has 1 aliphatic rings. The summed E-state index contributed by atoms with van der Waals surface area (Å²) < 4.78 is 39.4. The van der Waals surface area contributed by atoms with Crippen molar-refractivity contribution in [1.29, 1.82) is 0 Å². The minimum absolute atomic E-state index is 0.124. The first kappa shape index (κ1) is 27.0. The predicted octanol–water partition coefficient (Wildman–Crippen LogP) is 4.59. The van der Waals surface area contributed by atoms with Crippen LogP contribution in [0.4, 0.5) is 0 Å². The van der Waals surface area contributed by atoms with Gasteiger partial charge < -0.3 is 14.2 Å². The van der Waals surface area contributed by atoms with Crippen LogP contribution >= 0.6 is 7.67 Å².